The van der Waals surface area contributed by atoms with Gasteiger partial charge in [-0.3, -0.25) is 0 Å². The average molecular weight is 225 g/mol. The number of hydrogen-bond acceptors (Lipinski definition) is 0. The first-order valence-electron chi connectivity index (χ1n) is 2.06. The minimum Gasteiger partial charge on any atom is -0.232 e. The van der Waals surface area contributed by atoms with Crippen molar-refractivity contribution in [3.05, 3.63) is 12.2 Å². The van der Waals surface area contributed by atoms with Gasteiger partial charge in [0.25, 0.3) is 0 Å². The highest BCUT2D eigenvalue weighted by atomic mass is 79.9. The first kappa shape index (κ1) is 9.87. The van der Waals surface area contributed by atoms with E-state index in [0.29, 0.717) is 0 Å². The monoisotopic (exact) mass is 224 g/mol. The Bertz CT molecular complexity index is 137. The minimum absolute atomic E-state index is 0.847. The third-order valence-corrected chi connectivity index (χ3v) is 1.04. The molecule has 0 heterocycles. The third kappa shape index (κ3) is 2.64. The summed E-state index contributed by atoms with van der Waals surface area (Å²) in [7, 11) is 0. The summed E-state index contributed by atoms with van der Waals surface area (Å²) < 4.78 is 57.8. The largest absolute Gasteiger partial charge is 0.338 e. The smallest absolute Gasteiger partial charge is 0.232 e. The zero-order valence-electron chi connectivity index (χ0n) is 4.42. The molecule has 0 nitrogen and oxygen atoms in total. The molecular formula is C4H2BrF5. The average Bonchev–Trinajstić information content (AvgIpc) is 1.83. The summed E-state index contributed by atoms with van der Waals surface area (Å²) in [6, 6.07) is 0. The van der Waals surface area contributed by atoms with E-state index in [0.717, 1.165) is 0 Å². The van der Waals surface area contributed by atoms with Crippen molar-refractivity contribution in [2.45, 2.75) is 11.0 Å². The third-order valence-electron chi connectivity index (χ3n) is 0.634. The van der Waals surface area contributed by atoms with Gasteiger partial charge in [-0.25, -0.2) is 13.2 Å². The normalized spacial score (nSPS) is 17.2. The highest BCUT2D eigenvalue weighted by Crippen LogP contribution is 2.33. The molecule has 0 aromatic carbocycles. The quantitative estimate of drug-likeness (QED) is 0.500. The Morgan fingerprint density at radius 2 is 1.90 bits per heavy atom. The van der Waals surface area contributed by atoms with Crippen LogP contribution in [0.5, 0.6) is 0 Å². The van der Waals surface area contributed by atoms with E-state index < -0.39 is 23.2 Å². The van der Waals surface area contributed by atoms with E-state index in [1.807, 2.05) is 0 Å². The van der Waals surface area contributed by atoms with E-state index in [4.69, 9.17) is 0 Å². The molecule has 0 aliphatic heterocycles. The van der Waals surface area contributed by atoms with Gasteiger partial charge in [-0.2, -0.15) is 8.78 Å². The van der Waals surface area contributed by atoms with Crippen molar-refractivity contribution in [1.82, 2.24) is 0 Å². The molecule has 10 heavy (non-hydrogen) atoms. The Morgan fingerprint density at radius 3 is 2.00 bits per heavy atom. The minimum atomic E-state index is -4.06. The van der Waals surface area contributed by atoms with E-state index >= 15 is 0 Å². The van der Waals surface area contributed by atoms with Crippen LogP contribution in [0, 0.1) is 0 Å². The van der Waals surface area contributed by atoms with Gasteiger partial charge in [-0.05, 0) is 15.9 Å². The standard InChI is InChI=1S/C4H2BrF5/c5-4(9,10)3(8)2(7)1-6/h1,3H. The molecule has 60 valence electrons. The summed E-state index contributed by atoms with van der Waals surface area (Å²) in [5.41, 5.74) is 0. The van der Waals surface area contributed by atoms with Gasteiger partial charge in [0.1, 0.15) is 6.33 Å². The Balaban J connectivity index is 4.23. The second kappa shape index (κ2) is 3.32. The van der Waals surface area contributed by atoms with Crippen molar-refractivity contribution in [2.75, 3.05) is 0 Å². The van der Waals surface area contributed by atoms with Gasteiger partial charge < -0.3 is 0 Å². The van der Waals surface area contributed by atoms with Crippen LogP contribution in [0.3, 0.4) is 0 Å². The zero-order valence-corrected chi connectivity index (χ0v) is 6.01. The molecule has 0 aromatic rings. The van der Waals surface area contributed by atoms with Gasteiger partial charge in [0.05, 0.1) is 0 Å². The molecule has 0 aliphatic carbocycles. The maximum atomic E-state index is 11.8. The van der Waals surface area contributed by atoms with Crippen molar-refractivity contribution in [3.63, 3.8) is 0 Å². The van der Waals surface area contributed by atoms with E-state index in [2.05, 4.69) is 0 Å². The molecule has 0 radical (unpaired) electrons. The Hall–Kier alpha value is -0.130. The molecule has 0 aliphatic rings. The summed E-state index contributed by atoms with van der Waals surface area (Å²) >= 11 is 1.53. The topological polar surface area (TPSA) is 0 Å². The molecule has 0 aromatic heterocycles. The van der Waals surface area contributed by atoms with Crippen LogP contribution in [0.2, 0.25) is 0 Å². The van der Waals surface area contributed by atoms with E-state index in [1.54, 1.807) is 0 Å². The van der Waals surface area contributed by atoms with Crippen LogP contribution < -0.4 is 0 Å². The fourth-order valence-electron chi connectivity index (χ4n) is 0.212. The Morgan fingerprint density at radius 1 is 1.50 bits per heavy atom. The molecule has 6 heteroatoms. The van der Waals surface area contributed by atoms with E-state index in [9.17, 15) is 22.0 Å². The van der Waals surface area contributed by atoms with Crippen LogP contribution in [-0.2, 0) is 0 Å². The summed E-state index contributed by atoms with van der Waals surface area (Å²) in [6.07, 6.45) is -4.11. The predicted octanol–water partition coefficient (Wildman–Crippen LogP) is 3.09. The molecule has 1 unspecified atom stereocenters. The number of rotatable bonds is 2. The molecular weight excluding hydrogens is 223 g/mol. The van der Waals surface area contributed by atoms with Gasteiger partial charge in [0.2, 0.25) is 6.17 Å². The lowest BCUT2D eigenvalue weighted by atomic mass is 10.4. The summed E-state index contributed by atoms with van der Waals surface area (Å²) in [4.78, 5) is -4.06. The summed E-state index contributed by atoms with van der Waals surface area (Å²) in [5.74, 6) is -2.14. The molecule has 0 bridgehead atoms. The molecule has 0 fully saturated rings. The number of allylic oxidation sites excluding steroid dienone is 1. The fourth-order valence-corrected chi connectivity index (χ4v) is 0.430. The molecule has 1 atom stereocenters. The van der Waals surface area contributed by atoms with E-state index in [-0.39, 0.29) is 0 Å². The number of halogens is 6. The molecule has 0 amide bonds. The van der Waals surface area contributed by atoms with Crippen molar-refractivity contribution >= 4 is 15.9 Å². The van der Waals surface area contributed by atoms with Crippen molar-refractivity contribution < 1.29 is 22.0 Å². The van der Waals surface area contributed by atoms with Crippen LogP contribution in [0.15, 0.2) is 12.2 Å². The predicted molar refractivity (Wildman–Crippen MR) is 29.1 cm³/mol. The van der Waals surface area contributed by atoms with Gasteiger partial charge in [-0.1, -0.05) is 0 Å². The van der Waals surface area contributed by atoms with Crippen molar-refractivity contribution in [1.29, 1.82) is 0 Å². The van der Waals surface area contributed by atoms with Crippen LogP contribution >= 0.6 is 15.9 Å². The lowest BCUT2D eigenvalue weighted by Crippen LogP contribution is -2.22. The van der Waals surface area contributed by atoms with Crippen LogP contribution in [0.25, 0.3) is 0 Å². The second-order valence-corrected chi connectivity index (χ2v) is 2.46. The molecule has 0 spiro atoms. The van der Waals surface area contributed by atoms with Crippen molar-refractivity contribution in [3.8, 4) is 0 Å². The molecule has 0 saturated carbocycles. The Labute approximate surface area is 61.8 Å². The molecule has 0 rings (SSSR count). The Kier molecular flexibility index (Phi) is 3.27. The molecule has 0 saturated heterocycles. The SMILES string of the molecule is FC=C(F)C(F)C(F)(F)Br. The van der Waals surface area contributed by atoms with Gasteiger partial charge >= 0.3 is 4.83 Å². The van der Waals surface area contributed by atoms with E-state index in [1.165, 1.54) is 15.9 Å². The lowest BCUT2D eigenvalue weighted by molar-refractivity contribution is 0.0291. The van der Waals surface area contributed by atoms with Crippen molar-refractivity contribution in [2.24, 2.45) is 0 Å². The van der Waals surface area contributed by atoms with Gasteiger partial charge in [0.15, 0.2) is 5.83 Å². The summed E-state index contributed by atoms with van der Waals surface area (Å²) in [5, 5.41) is 0. The van der Waals surface area contributed by atoms with Gasteiger partial charge in [0, 0.05) is 0 Å². The maximum absolute atomic E-state index is 11.8. The number of alkyl halides is 4. The van der Waals surface area contributed by atoms with Gasteiger partial charge in [-0.15, -0.1) is 0 Å². The second-order valence-electron chi connectivity index (χ2n) is 1.40. The van der Waals surface area contributed by atoms with Crippen LogP contribution in [0.1, 0.15) is 0 Å². The maximum Gasteiger partial charge on any atom is 0.338 e. The van der Waals surface area contributed by atoms with Crippen LogP contribution in [-0.4, -0.2) is 11.0 Å². The lowest BCUT2D eigenvalue weighted by Gasteiger charge is -2.10. The fraction of sp³-hybridized carbons (Fsp3) is 0.500. The highest BCUT2D eigenvalue weighted by Gasteiger charge is 2.40. The first-order valence-corrected chi connectivity index (χ1v) is 2.85. The highest BCUT2D eigenvalue weighted by molar-refractivity contribution is 9.10. The summed E-state index contributed by atoms with van der Waals surface area (Å²) in [6.45, 7) is 0. The zero-order chi connectivity index (χ0) is 8.36. The molecule has 0 N–H and O–H groups in total. The van der Waals surface area contributed by atoms with Crippen LogP contribution in [0.4, 0.5) is 22.0 Å². The first-order chi connectivity index (χ1) is 4.39. The number of hydrogen-bond donors (Lipinski definition) is 0.